The lowest BCUT2D eigenvalue weighted by atomic mass is 9.88. The number of hydrogen-bond acceptors (Lipinski definition) is 4. The van der Waals surface area contributed by atoms with Gasteiger partial charge in [0.15, 0.2) is 0 Å². The molecule has 0 spiro atoms. The quantitative estimate of drug-likeness (QED) is 0.532. The van der Waals surface area contributed by atoms with E-state index in [0.717, 1.165) is 68.6 Å². The Balaban J connectivity index is 1.85. The summed E-state index contributed by atoms with van der Waals surface area (Å²) >= 11 is 0. The largest absolute Gasteiger partial charge is 0.465 e. The van der Waals surface area contributed by atoms with Gasteiger partial charge in [0, 0.05) is 24.2 Å². The van der Waals surface area contributed by atoms with Crippen molar-refractivity contribution in [3.63, 3.8) is 0 Å². The lowest BCUT2D eigenvalue weighted by molar-refractivity contribution is -0.154. The number of carbonyl (C=O) groups excluding carboxylic acids is 1. The van der Waals surface area contributed by atoms with E-state index >= 15 is 0 Å². The third-order valence-corrected chi connectivity index (χ3v) is 5.06. The Morgan fingerprint density at radius 1 is 1.28 bits per heavy atom. The average molecular weight is 348 g/mol. The Bertz CT molecular complexity index is 662. The SMILES string of the molecule is CCCC(C)(C)C(=O)OCCCCc1c(C)nc2n(c1=O)CCCC2. The summed E-state index contributed by atoms with van der Waals surface area (Å²) in [5, 5.41) is 0. The van der Waals surface area contributed by atoms with Gasteiger partial charge in [-0.3, -0.25) is 14.2 Å². The fraction of sp³-hybridized carbons (Fsp3) is 0.750. The van der Waals surface area contributed by atoms with Gasteiger partial charge in [0.25, 0.3) is 5.56 Å². The molecule has 1 aliphatic heterocycles. The third kappa shape index (κ3) is 4.93. The molecule has 140 valence electrons. The van der Waals surface area contributed by atoms with Gasteiger partial charge in [-0.2, -0.15) is 0 Å². The lowest BCUT2D eigenvalue weighted by Gasteiger charge is -2.21. The number of aromatic nitrogens is 2. The predicted molar refractivity (Wildman–Crippen MR) is 98.8 cm³/mol. The van der Waals surface area contributed by atoms with E-state index in [1.807, 2.05) is 25.3 Å². The van der Waals surface area contributed by atoms with Gasteiger partial charge in [-0.15, -0.1) is 0 Å². The molecule has 0 saturated carbocycles. The first kappa shape index (κ1) is 19.7. The van der Waals surface area contributed by atoms with Gasteiger partial charge < -0.3 is 4.74 Å². The van der Waals surface area contributed by atoms with Crippen LogP contribution in [0.15, 0.2) is 4.79 Å². The smallest absolute Gasteiger partial charge is 0.311 e. The molecule has 2 rings (SSSR count). The molecule has 0 amide bonds. The molecule has 0 saturated heterocycles. The third-order valence-electron chi connectivity index (χ3n) is 5.06. The molecular formula is C20H32N2O3. The average Bonchev–Trinajstić information content (AvgIpc) is 2.56. The molecule has 0 unspecified atom stereocenters. The molecule has 1 aromatic rings. The zero-order valence-corrected chi connectivity index (χ0v) is 16.2. The number of aryl methyl sites for hydroxylation is 2. The highest BCUT2D eigenvalue weighted by Crippen LogP contribution is 2.24. The number of ether oxygens (including phenoxy) is 1. The van der Waals surface area contributed by atoms with E-state index in [-0.39, 0.29) is 11.5 Å². The first-order valence-corrected chi connectivity index (χ1v) is 9.63. The van der Waals surface area contributed by atoms with Gasteiger partial charge in [0.1, 0.15) is 5.82 Å². The van der Waals surface area contributed by atoms with Gasteiger partial charge in [-0.25, -0.2) is 4.98 Å². The van der Waals surface area contributed by atoms with Crippen molar-refractivity contribution in [2.75, 3.05) is 6.61 Å². The number of carbonyl (C=O) groups is 1. The van der Waals surface area contributed by atoms with Crippen LogP contribution in [0.25, 0.3) is 0 Å². The molecule has 5 heteroatoms. The van der Waals surface area contributed by atoms with Crippen LogP contribution in [0.3, 0.4) is 0 Å². The minimum atomic E-state index is -0.410. The highest BCUT2D eigenvalue weighted by atomic mass is 16.5. The Kier molecular flexibility index (Phi) is 6.79. The predicted octanol–water partition coefficient (Wildman–Crippen LogP) is 3.58. The minimum Gasteiger partial charge on any atom is -0.465 e. The Morgan fingerprint density at radius 3 is 2.76 bits per heavy atom. The van der Waals surface area contributed by atoms with Crippen molar-refractivity contribution in [1.29, 1.82) is 0 Å². The highest BCUT2D eigenvalue weighted by molar-refractivity contribution is 5.75. The summed E-state index contributed by atoms with van der Waals surface area (Å²) in [5.74, 6) is 0.811. The van der Waals surface area contributed by atoms with Crippen LogP contribution in [-0.2, 0) is 28.9 Å². The lowest BCUT2D eigenvalue weighted by Crippen LogP contribution is -2.32. The fourth-order valence-electron chi connectivity index (χ4n) is 3.51. The van der Waals surface area contributed by atoms with Crippen molar-refractivity contribution in [3.05, 3.63) is 27.4 Å². The van der Waals surface area contributed by atoms with E-state index in [2.05, 4.69) is 11.9 Å². The standard InChI is InChI=1S/C20H32N2O3/c1-5-12-20(3,4)19(24)25-14-9-7-10-16-15(2)21-17-11-6-8-13-22(17)18(16)23/h5-14H2,1-4H3. The molecule has 0 radical (unpaired) electrons. The van der Waals surface area contributed by atoms with Crippen molar-refractivity contribution in [3.8, 4) is 0 Å². The number of rotatable bonds is 8. The molecule has 0 atom stereocenters. The number of unbranched alkanes of at least 4 members (excludes halogenated alkanes) is 1. The monoisotopic (exact) mass is 348 g/mol. The van der Waals surface area contributed by atoms with Crippen LogP contribution >= 0.6 is 0 Å². The van der Waals surface area contributed by atoms with Crippen LogP contribution in [-0.4, -0.2) is 22.1 Å². The van der Waals surface area contributed by atoms with E-state index in [4.69, 9.17) is 4.74 Å². The first-order valence-electron chi connectivity index (χ1n) is 9.63. The summed E-state index contributed by atoms with van der Waals surface area (Å²) < 4.78 is 7.26. The second kappa shape index (κ2) is 8.63. The van der Waals surface area contributed by atoms with Crippen LogP contribution in [0.5, 0.6) is 0 Å². The van der Waals surface area contributed by atoms with Crippen molar-refractivity contribution in [2.45, 2.75) is 85.6 Å². The number of esters is 1. The van der Waals surface area contributed by atoms with E-state index in [0.29, 0.717) is 13.0 Å². The Morgan fingerprint density at radius 2 is 2.04 bits per heavy atom. The zero-order valence-electron chi connectivity index (χ0n) is 16.2. The van der Waals surface area contributed by atoms with Crippen LogP contribution < -0.4 is 5.56 Å². The molecule has 1 aromatic heterocycles. The minimum absolute atomic E-state index is 0.124. The van der Waals surface area contributed by atoms with E-state index < -0.39 is 5.41 Å². The van der Waals surface area contributed by atoms with Gasteiger partial charge in [0.05, 0.1) is 12.0 Å². The van der Waals surface area contributed by atoms with Gasteiger partial charge >= 0.3 is 5.97 Å². The summed E-state index contributed by atoms with van der Waals surface area (Å²) in [4.78, 5) is 29.4. The highest BCUT2D eigenvalue weighted by Gasteiger charge is 2.28. The molecule has 0 aromatic carbocycles. The van der Waals surface area contributed by atoms with Crippen molar-refractivity contribution in [1.82, 2.24) is 9.55 Å². The Hall–Kier alpha value is -1.65. The van der Waals surface area contributed by atoms with Crippen molar-refractivity contribution in [2.24, 2.45) is 5.41 Å². The second-order valence-corrected chi connectivity index (χ2v) is 7.73. The Labute approximate surface area is 150 Å². The number of fused-ring (bicyclic) bond motifs is 1. The fourth-order valence-corrected chi connectivity index (χ4v) is 3.51. The maximum Gasteiger partial charge on any atom is 0.311 e. The maximum atomic E-state index is 12.6. The second-order valence-electron chi connectivity index (χ2n) is 7.73. The van der Waals surface area contributed by atoms with Crippen LogP contribution in [0.4, 0.5) is 0 Å². The molecule has 1 aliphatic rings. The molecule has 2 heterocycles. The summed E-state index contributed by atoms with van der Waals surface area (Å²) in [7, 11) is 0. The molecule has 5 nitrogen and oxygen atoms in total. The van der Waals surface area contributed by atoms with Gasteiger partial charge in [0.2, 0.25) is 0 Å². The first-order chi connectivity index (χ1) is 11.9. The maximum absolute atomic E-state index is 12.6. The van der Waals surface area contributed by atoms with Gasteiger partial charge in [-0.1, -0.05) is 13.3 Å². The van der Waals surface area contributed by atoms with Crippen LogP contribution in [0.1, 0.15) is 76.4 Å². The van der Waals surface area contributed by atoms with Crippen molar-refractivity contribution < 1.29 is 9.53 Å². The molecular weight excluding hydrogens is 316 g/mol. The molecule has 25 heavy (non-hydrogen) atoms. The van der Waals surface area contributed by atoms with Crippen LogP contribution in [0.2, 0.25) is 0 Å². The topological polar surface area (TPSA) is 61.2 Å². The summed E-state index contributed by atoms with van der Waals surface area (Å²) in [6, 6.07) is 0. The zero-order chi connectivity index (χ0) is 18.4. The van der Waals surface area contributed by atoms with E-state index in [9.17, 15) is 9.59 Å². The van der Waals surface area contributed by atoms with Crippen molar-refractivity contribution >= 4 is 5.97 Å². The molecule has 0 N–H and O–H groups in total. The molecule has 0 fully saturated rings. The van der Waals surface area contributed by atoms with Crippen LogP contribution in [0, 0.1) is 12.3 Å². The number of hydrogen-bond donors (Lipinski definition) is 0. The van der Waals surface area contributed by atoms with E-state index in [1.165, 1.54) is 0 Å². The van der Waals surface area contributed by atoms with E-state index in [1.54, 1.807) is 0 Å². The number of nitrogens with zero attached hydrogens (tertiary/aromatic N) is 2. The van der Waals surface area contributed by atoms with Gasteiger partial charge in [-0.05, 0) is 59.3 Å². The molecule has 0 bridgehead atoms. The molecule has 0 aliphatic carbocycles. The summed E-state index contributed by atoms with van der Waals surface area (Å²) in [5.41, 5.74) is 1.40. The summed E-state index contributed by atoms with van der Waals surface area (Å²) in [6.07, 6.45) is 7.19. The summed E-state index contributed by atoms with van der Waals surface area (Å²) in [6.45, 7) is 9.08. The normalized spacial score (nSPS) is 14.2.